The summed E-state index contributed by atoms with van der Waals surface area (Å²) < 4.78 is 1.74. The summed E-state index contributed by atoms with van der Waals surface area (Å²) >= 11 is 0. The van der Waals surface area contributed by atoms with Gasteiger partial charge in [-0.25, -0.2) is 9.67 Å². The van der Waals surface area contributed by atoms with Gasteiger partial charge in [-0.05, 0) is 17.7 Å². The van der Waals surface area contributed by atoms with Crippen molar-refractivity contribution < 1.29 is 5.11 Å². The Labute approximate surface area is 129 Å². The van der Waals surface area contributed by atoms with Crippen molar-refractivity contribution in [3.8, 4) is 5.69 Å². The van der Waals surface area contributed by atoms with Gasteiger partial charge in [-0.2, -0.15) is 0 Å². The van der Waals surface area contributed by atoms with E-state index in [2.05, 4.69) is 15.4 Å². The van der Waals surface area contributed by atoms with E-state index in [-0.39, 0.29) is 12.6 Å². The van der Waals surface area contributed by atoms with E-state index in [1.54, 1.807) is 11.0 Å². The normalized spacial score (nSPS) is 12.2. The molecule has 0 aliphatic carbocycles. The molecule has 0 aliphatic heterocycles. The van der Waals surface area contributed by atoms with Gasteiger partial charge in [0.05, 0.1) is 24.9 Å². The standard InChI is InChI=1S/C17H18N4O/c22-12-16(14-7-3-1-4-8-14)18-11-17-19-13-21(20-17)15-9-5-2-6-10-15/h1-10,13,16,18,22H,11-12H2. The summed E-state index contributed by atoms with van der Waals surface area (Å²) in [6.07, 6.45) is 1.70. The molecular weight excluding hydrogens is 276 g/mol. The first kappa shape index (κ1) is 14.4. The minimum absolute atomic E-state index is 0.0312. The second-order valence-electron chi connectivity index (χ2n) is 4.97. The van der Waals surface area contributed by atoms with Gasteiger partial charge in [0.15, 0.2) is 5.82 Å². The fourth-order valence-electron chi connectivity index (χ4n) is 2.27. The third-order valence-electron chi connectivity index (χ3n) is 3.45. The number of hydrogen-bond acceptors (Lipinski definition) is 4. The van der Waals surface area contributed by atoms with Crippen LogP contribution in [0.1, 0.15) is 17.4 Å². The zero-order valence-corrected chi connectivity index (χ0v) is 12.1. The summed E-state index contributed by atoms with van der Waals surface area (Å²) in [7, 11) is 0. The Kier molecular flexibility index (Phi) is 4.58. The molecule has 0 radical (unpaired) electrons. The molecule has 3 aromatic rings. The lowest BCUT2D eigenvalue weighted by Gasteiger charge is -2.15. The monoisotopic (exact) mass is 294 g/mol. The smallest absolute Gasteiger partial charge is 0.164 e. The fourth-order valence-corrected chi connectivity index (χ4v) is 2.27. The van der Waals surface area contributed by atoms with E-state index in [9.17, 15) is 5.11 Å². The summed E-state index contributed by atoms with van der Waals surface area (Å²) in [5.41, 5.74) is 2.02. The van der Waals surface area contributed by atoms with E-state index in [0.29, 0.717) is 12.4 Å². The van der Waals surface area contributed by atoms with Gasteiger partial charge in [0.25, 0.3) is 0 Å². The zero-order valence-electron chi connectivity index (χ0n) is 12.1. The van der Waals surface area contributed by atoms with E-state index in [4.69, 9.17) is 0 Å². The molecule has 0 amide bonds. The molecule has 0 aliphatic rings. The average Bonchev–Trinajstić information content (AvgIpc) is 3.06. The van der Waals surface area contributed by atoms with Crippen LogP contribution in [0.15, 0.2) is 67.0 Å². The largest absolute Gasteiger partial charge is 0.394 e. The van der Waals surface area contributed by atoms with E-state index >= 15 is 0 Å². The molecule has 22 heavy (non-hydrogen) atoms. The van der Waals surface area contributed by atoms with Crippen LogP contribution >= 0.6 is 0 Å². The summed E-state index contributed by atoms with van der Waals surface area (Å²) in [4.78, 5) is 4.30. The molecule has 2 aromatic carbocycles. The number of nitrogens with one attached hydrogen (secondary N) is 1. The number of aliphatic hydroxyl groups is 1. The lowest BCUT2D eigenvalue weighted by Crippen LogP contribution is -2.24. The topological polar surface area (TPSA) is 63.0 Å². The fraction of sp³-hybridized carbons (Fsp3) is 0.176. The van der Waals surface area contributed by atoms with Crippen molar-refractivity contribution >= 4 is 0 Å². The molecule has 0 saturated heterocycles. The molecule has 1 aromatic heterocycles. The number of hydrogen-bond donors (Lipinski definition) is 2. The molecule has 0 bridgehead atoms. The van der Waals surface area contributed by atoms with Crippen molar-refractivity contribution in [2.75, 3.05) is 6.61 Å². The number of rotatable bonds is 6. The van der Waals surface area contributed by atoms with Crippen molar-refractivity contribution in [3.63, 3.8) is 0 Å². The first-order chi connectivity index (χ1) is 10.9. The second kappa shape index (κ2) is 6.98. The zero-order chi connectivity index (χ0) is 15.2. The second-order valence-corrected chi connectivity index (χ2v) is 4.97. The van der Waals surface area contributed by atoms with Gasteiger partial charge in [-0.15, -0.1) is 5.10 Å². The molecule has 0 fully saturated rings. The van der Waals surface area contributed by atoms with Crippen LogP contribution in [0.25, 0.3) is 5.69 Å². The summed E-state index contributed by atoms with van der Waals surface area (Å²) in [6, 6.07) is 19.6. The molecule has 5 nitrogen and oxygen atoms in total. The van der Waals surface area contributed by atoms with Crippen LogP contribution in [0.2, 0.25) is 0 Å². The first-order valence-electron chi connectivity index (χ1n) is 7.22. The van der Waals surface area contributed by atoms with Crippen molar-refractivity contribution in [3.05, 3.63) is 78.4 Å². The van der Waals surface area contributed by atoms with Crippen molar-refractivity contribution in [2.45, 2.75) is 12.6 Å². The number of para-hydroxylation sites is 1. The minimum atomic E-state index is -0.120. The summed E-state index contributed by atoms with van der Waals surface area (Å²) in [6.45, 7) is 0.531. The van der Waals surface area contributed by atoms with Crippen LogP contribution in [-0.2, 0) is 6.54 Å². The number of nitrogens with zero attached hydrogens (tertiary/aromatic N) is 3. The molecular formula is C17H18N4O. The molecule has 1 unspecified atom stereocenters. The highest BCUT2D eigenvalue weighted by Crippen LogP contribution is 2.12. The van der Waals surface area contributed by atoms with Crippen LogP contribution < -0.4 is 5.32 Å². The van der Waals surface area contributed by atoms with E-state index in [0.717, 1.165) is 11.3 Å². The maximum atomic E-state index is 9.53. The number of aromatic nitrogens is 3. The third kappa shape index (κ3) is 3.39. The van der Waals surface area contributed by atoms with Crippen LogP contribution in [0.4, 0.5) is 0 Å². The van der Waals surface area contributed by atoms with E-state index < -0.39 is 0 Å². The molecule has 2 N–H and O–H groups in total. The minimum Gasteiger partial charge on any atom is -0.394 e. The molecule has 0 saturated carbocycles. The Morgan fingerprint density at radius 2 is 1.68 bits per heavy atom. The molecule has 1 heterocycles. The Morgan fingerprint density at radius 1 is 1.00 bits per heavy atom. The predicted octanol–water partition coefficient (Wildman–Crippen LogP) is 2.09. The maximum Gasteiger partial charge on any atom is 0.164 e. The van der Waals surface area contributed by atoms with E-state index in [1.165, 1.54) is 0 Å². The highest BCUT2D eigenvalue weighted by Gasteiger charge is 2.10. The first-order valence-corrected chi connectivity index (χ1v) is 7.22. The lowest BCUT2D eigenvalue weighted by atomic mass is 10.1. The van der Waals surface area contributed by atoms with Gasteiger partial charge in [0.1, 0.15) is 6.33 Å². The van der Waals surface area contributed by atoms with Gasteiger partial charge >= 0.3 is 0 Å². The van der Waals surface area contributed by atoms with Gasteiger partial charge < -0.3 is 10.4 Å². The third-order valence-corrected chi connectivity index (χ3v) is 3.45. The molecule has 5 heteroatoms. The van der Waals surface area contributed by atoms with Crippen LogP contribution in [-0.4, -0.2) is 26.5 Å². The average molecular weight is 294 g/mol. The van der Waals surface area contributed by atoms with Gasteiger partial charge in [-0.1, -0.05) is 48.5 Å². The SMILES string of the molecule is OCC(NCc1ncn(-c2ccccc2)n1)c1ccccc1. The van der Waals surface area contributed by atoms with Gasteiger partial charge in [0.2, 0.25) is 0 Å². The Bertz CT molecular complexity index is 697. The molecule has 0 spiro atoms. The Balaban J connectivity index is 1.65. The van der Waals surface area contributed by atoms with Crippen molar-refractivity contribution in [1.82, 2.24) is 20.1 Å². The summed E-state index contributed by atoms with van der Waals surface area (Å²) in [5, 5.41) is 17.3. The molecule has 112 valence electrons. The van der Waals surface area contributed by atoms with Crippen molar-refractivity contribution in [2.24, 2.45) is 0 Å². The van der Waals surface area contributed by atoms with Crippen molar-refractivity contribution in [1.29, 1.82) is 0 Å². The Morgan fingerprint density at radius 3 is 2.36 bits per heavy atom. The van der Waals surface area contributed by atoms with E-state index in [1.807, 2.05) is 60.7 Å². The Hall–Kier alpha value is -2.50. The van der Waals surface area contributed by atoms with Gasteiger partial charge in [-0.3, -0.25) is 0 Å². The van der Waals surface area contributed by atoms with Crippen LogP contribution in [0, 0.1) is 0 Å². The number of benzene rings is 2. The number of aliphatic hydroxyl groups excluding tert-OH is 1. The molecule has 1 atom stereocenters. The predicted molar refractivity (Wildman–Crippen MR) is 84.5 cm³/mol. The van der Waals surface area contributed by atoms with Crippen LogP contribution in [0.5, 0.6) is 0 Å². The lowest BCUT2D eigenvalue weighted by molar-refractivity contribution is 0.243. The maximum absolute atomic E-state index is 9.53. The van der Waals surface area contributed by atoms with Gasteiger partial charge in [0, 0.05) is 0 Å². The van der Waals surface area contributed by atoms with Crippen LogP contribution in [0.3, 0.4) is 0 Å². The highest BCUT2D eigenvalue weighted by molar-refractivity contribution is 5.29. The molecule has 3 rings (SSSR count). The summed E-state index contributed by atoms with van der Waals surface area (Å²) in [5.74, 6) is 0.693. The highest BCUT2D eigenvalue weighted by atomic mass is 16.3. The quantitative estimate of drug-likeness (QED) is 0.731.